The van der Waals surface area contributed by atoms with Gasteiger partial charge in [-0.15, -0.1) is 0 Å². The van der Waals surface area contributed by atoms with Crippen LogP contribution in [-0.2, 0) is 0 Å². The molecule has 1 N–H and O–H groups in total. The summed E-state index contributed by atoms with van der Waals surface area (Å²) < 4.78 is 10.9. The lowest BCUT2D eigenvalue weighted by Gasteiger charge is -2.33. The van der Waals surface area contributed by atoms with E-state index in [1.54, 1.807) is 4.90 Å². The average Bonchev–Trinajstić information content (AvgIpc) is 2.95. The normalized spacial score (nSPS) is 16.8. The molecule has 0 radical (unpaired) electrons. The Morgan fingerprint density at radius 1 is 1.23 bits per heavy atom. The second-order valence-electron chi connectivity index (χ2n) is 5.28. The summed E-state index contributed by atoms with van der Waals surface area (Å²) in [5.74, 6) is -1.21. The Labute approximate surface area is 126 Å². The van der Waals surface area contributed by atoms with Crippen LogP contribution in [0.15, 0.2) is 34.7 Å². The van der Waals surface area contributed by atoms with Crippen LogP contribution in [0.2, 0.25) is 0 Å². The molecule has 0 bridgehead atoms. The minimum Gasteiger partial charge on any atom is -0.487 e. The highest BCUT2D eigenvalue weighted by atomic mass is 16.5. The maximum absolute atomic E-state index is 12.6. The molecule has 1 atom stereocenters. The molecule has 22 heavy (non-hydrogen) atoms. The fourth-order valence-electron chi connectivity index (χ4n) is 2.44. The predicted octanol–water partition coefficient (Wildman–Crippen LogP) is 2.71. The summed E-state index contributed by atoms with van der Waals surface area (Å²) in [6, 6.07) is 8.23. The van der Waals surface area contributed by atoms with E-state index in [1.165, 1.54) is 12.1 Å². The number of hydrogen-bond acceptors (Lipinski definition) is 4. The lowest BCUT2D eigenvalue weighted by Crippen LogP contribution is -2.42. The maximum Gasteiger partial charge on any atom is 0.371 e. The molecular weight excluding hydrogens is 286 g/mol. The lowest BCUT2D eigenvalue weighted by atomic mass is 10.1. The van der Waals surface area contributed by atoms with Crippen LogP contribution >= 0.6 is 0 Å². The molecule has 114 valence electrons. The van der Waals surface area contributed by atoms with Crippen LogP contribution < -0.4 is 9.64 Å². The fraction of sp³-hybridized carbons (Fsp3) is 0.250. The predicted molar refractivity (Wildman–Crippen MR) is 78.6 cm³/mol. The summed E-state index contributed by atoms with van der Waals surface area (Å²) in [4.78, 5) is 25.0. The van der Waals surface area contributed by atoms with Gasteiger partial charge in [-0.05, 0) is 43.7 Å². The Kier molecular flexibility index (Phi) is 3.36. The van der Waals surface area contributed by atoms with Gasteiger partial charge in [0.2, 0.25) is 5.76 Å². The zero-order valence-electron chi connectivity index (χ0n) is 12.2. The quantitative estimate of drug-likeness (QED) is 0.922. The number of carbonyl (C=O) groups is 2. The van der Waals surface area contributed by atoms with Gasteiger partial charge in [-0.2, -0.15) is 0 Å². The van der Waals surface area contributed by atoms with Crippen molar-refractivity contribution in [3.63, 3.8) is 0 Å². The Balaban J connectivity index is 1.97. The number of fused-ring (bicyclic) bond motifs is 1. The summed E-state index contributed by atoms with van der Waals surface area (Å²) >= 11 is 0. The molecule has 1 amide bonds. The number of carbonyl (C=O) groups excluding carboxylic acids is 1. The summed E-state index contributed by atoms with van der Waals surface area (Å²) in [5.41, 5.74) is 1.69. The number of aryl methyl sites for hydroxylation is 1. The number of hydrogen-bond donors (Lipinski definition) is 1. The molecule has 1 aliphatic rings. The van der Waals surface area contributed by atoms with E-state index in [1.807, 2.05) is 32.0 Å². The number of nitrogens with zero attached hydrogens (tertiary/aromatic N) is 1. The highest BCUT2D eigenvalue weighted by molar-refractivity contribution is 6.06. The zero-order valence-corrected chi connectivity index (χ0v) is 12.2. The summed E-state index contributed by atoms with van der Waals surface area (Å²) in [5, 5.41) is 8.88. The highest BCUT2D eigenvalue weighted by Gasteiger charge is 2.30. The third kappa shape index (κ3) is 2.43. The van der Waals surface area contributed by atoms with Gasteiger partial charge in [-0.1, -0.05) is 6.07 Å². The highest BCUT2D eigenvalue weighted by Crippen LogP contribution is 2.35. The van der Waals surface area contributed by atoms with E-state index in [-0.39, 0.29) is 23.5 Å². The van der Waals surface area contributed by atoms with Crippen LogP contribution in [0.3, 0.4) is 0 Å². The molecule has 6 nitrogen and oxygen atoms in total. The Hall–Kier alpha value is -2.76. The molecule has 0 spiro atoms. The molecule has 0 aliphatic carbocycles. The number of ether oxygens (including phenoxy) is 1. The van der Waals surface area contributed by atoms with Crippen molar-refractivity contribution >= 4 is 17.6 Å². The van der Waals surface area contributed by atoms with Crippen molar-refractivity contribution < 1.29 is 23.8 Å². The van der Waals surface area contributed by atoms with E-state index in [0.717, 1.165) is 5.56 Å². The van der Waals surface area contributed by atoms with Gasteiger partial charge in [0, 0.05) is 0 Å². The molecule has 2 aromatic rings. The molecule has 0 fully saturated rings. The topological polar surface area (TPSA) is 80.0 Å². The molecule has 1 aliphatic heterocycles. The van der Waals surface area contributed by atoms with E-state index >= 15 is 0 Å². The Morgan fingerprint density at radius 2 is 1.95 bits per heavy atom. The minimum atomic E-state index is -1.20. The first kappa shape index (κ1) is 14.2. The number of anilines is 1. The van der Waals surface area contributed by atoms with Crippen molar-refractivity contribution in [3.05, 3.63) is 47.4 Å². The lowest BCUT2D eigenvalue weighted by molar-refractivity contribution is 0.0659. The maximum atomic E-state index is 12.6. The van der Waals surface area contributed by atoms with Crippen molar-refractivity contribution in [1.82, 2.24) is 0 Å². The number of furan rings is 1. The van der Waals surface area contributed by atoms with Gasteiger partial charge in [0.15, 0.2) is 5.76 Å². The van der Waals surface area contributed by atoms with Crippen LogP contribution in [0.25, 0.3) is 0 Å². The van der Waals surface area contributed by atoms with Gasteiger partial charge >= 0.3 is 5.97 Å². The Morgan fingerprint density at radius 3 is 2.64 bits per heavy atom. The molecule has 1 unspecified atom stereocenters. The molecule has 1 aromatic carbocycles. The zero-order chi connectivity index (χ0) is 15.9. The van der Waals surface area contributed by atoms with Crippen molar-refractivity contribution in [2.45, 2.75) is 20.0 Å². The van der Waals surface area contributed by atoms with Gasteiger partial charge in [0.05, 0.1) is 12.2 Å². The summed E-state index contributed by atoms with van der Waals surface area (Å²) in [6.07, 6.45) is -0.160. The van der Waals surface area contributed by atoms with Crippen LogP contribution in [0.4, 0.5) is 5.69 Å². The summed E-state index contributed by atoms with van der Waals surface area (Å²) in [7, 11) is 0. The number of aromatic carboxylic acids is 1. The van der Waals surface area contributed by atoms with Crippen LogP contribution in [-0.4, -0.2) is 29.6 Å². The van der Waals surface area contributed by atoms with Gasteiger partial charge in [-0.25, -0.2) is 4.79 Å². The number of carboxylic acid groups (broad SMARTS) is 1. The van der Waals surface area contributed by atoms with E-state index in [4.69, 9.17) is 14.3 Å². The minimum absolute atomic E-state index is 0.00183. The van der Waals surface area contributed by atoms with Crippen LogP contribution in [0.5, 0.6) is 5.75 Å². The van der Waals surface area contributed by atoms with Gasteiger partial charge in [0.1, 0.15) is 11.9 Å². The van der Waals surface area contributed by atoms with E-state index in [0.29, 0.717) is 18.0 Å². The fourth-order valence-corrected chi connectivity index (χ4v) is 2.44. The molecule has 6 heteroatoms. The van der Waals surface area contributed by atoms with Crippen molar-refractivity contribution in [3.8, 4) is 5.75 Å². The number of benzene rings is 1. The van der Waals surface area contributed by atoms with Crippen molar-refractivity contribution in [2.75, 3.05) is 11.4 Å². The smallest absolute Gasteiger partial charge is 0.371 e. The van der Waals surface area contributed by atoms with Gasteiger partial charge in [-0.3, -0.25) is 9.69 Å². The molecule has 2 heterocycles. The standard InChI is InChI=1S/C16H15NO5/c1-9-3-4-11-14(7-9)21-10(2)8-17(11)15(18)12-5-6-13(22-12)16(19)20/h3-7,10H,8H2,1-2H3,(H,19,20). The second kappa shape index (κ2) is 5.22. The molecule has 3 rings (SSSR count). The first-order chi connectivity index (χ1) is 10.5. The van der Waals surface area contributed by atoms with Crippen LogP contribution in [0.1, 0.15) is 33.6 Å². The SMILES string of the molecule is Cc1ccc2c(c1)OC(C)CN2C(=O)c1ccc(C(=O)O)o1. The first-order valence-corrected chi connectivity index (χ1v) is 6.88. The average molecular weight is 301 g/mol. The summed E-state index contributed by atoms with van der Waals surface area (Å²) in [6.45, 7) is 4.19. The largest absolute Gasteiger partial charge is 0.487 e. The van der Waals surface area contributed by atoms with Crippen molar-refractivity contribution in [2.24, 2.45) is 0 Å². The molecule has 0 saturated carbocycles. The number of rotatable bonds is 2. The van der Waals surface area contributed by atoms with E-state index in [9.17, 15) is 9.59 Å². The van der Waals surface area contributed by atoms with Crippen molar-refractivity contribution in [1.29, 1.82) is 0 Å². The first-order valence-electron chi connectivity index (χ1n) is 6.88. The van der Waals surface area contributed by atoms with Gasteiger partial charge in [0.25, 0.3) is 5.91 Å². The van der Waals surface area contributed by atoms with E-state index in [2.05, 4.69) is 0 Å². The number of carboxylic acids is 1. The van der Waals surface area contributed by atoms with E-state index < -0.39 is 5.97 Å². The Bertz CT molecular complexity index is 749. The number of amides is 1. The van der Waals surface area contributed by atoms with Crippen LogP contribution in [0, 0.1) is 6.92 Å². The monoisotopic (exact) mass is 301 g/mol. The third-order valence-electron chi connectivity index (χ3n) is 3.45. The second-order valence-corrected chi connectivity index (χ2v) is 5.28. The van der Waals surface area contributed by atoms with Gasteiger partial charge < -0.3 is 14.3 Å². The molecule has 0 saturated heterocycles. The third-order valence-corrected chi connectivity index (χ3v) is 3.45. The molecule has 1 aromatic heterocycles. The molecular formula is C16H15NO5.